The molecular formula is C17H22N4OS2. The Morgan fingerprint density at radius 2 is 2.12 bits per heavy atom. The zero-order chi connectivity index (χ0) is 17.0. The van der Waals surface area contributed by atoms with Crippen molar-refractivity contribution in [1.82, 2.24) is 10.5 Å². The number of nitrogen functional groups attached to an aromatic ring is 1. The lowest BCUT2D eigenvalue weighted by Crippen LogP contribution is -2.22. The van der Waals surface area contributed by atoms with E-state index in [2.05, 4.69) is 37.3 Å². The Labute approximate surface area is 150 Å². The lowest BCUT2D eigenvalue weighted by molar-refractivity contribution is 0.194. The van der Waals surface area contributed by atoms with Gasteiger partial charge >= 0.3 is 0 Å². The number of pyridine rings is 1. The Kier molecular flexibility index (Phi) is 3.82. The molecule has 0 bridgehead atoms. The Morgan fingerprint density at radius 3 is 2.83 bits per heavy atom. The Morgan fingerprint density at radius 1 is 1.33 bits per heavy atom. The van der Waals surface area contributed by atoms with Crippen LogP contribution in [0.1, 0.15) is 36.5 Å². The number of aromatic nitrogens is 1. The van der Waals surface area contributed by atoms with Crippen LogP contribution in [0.4, 0.5) is 5.69 Å². The highest BCUT2D eigenvalue weighted by Gasteiger charge is 2.30. The predicted octanol–water partition coefficient (Wildman–Crippen LogP) is 4.07. The molecule has 0 spiro atoms. The number of nitrogens with two attached hydrogens (primary N) is 1. The molecule has 0 saturated heterocycles. The van der Waals surface area contributed by atoms with Gasteiger partial charge in [-0.3, -0.25) is 0 Å². The first-order valence-electron chi connectivity index (χ1n) is 7.98. The minimum Gasteiger partial charge on any atom is -0.397 e. The highest BCUT2D eigenvalue weighted by atomic mass is 32.2. The molecule has 0 amide bonds. The first kappa shape index (κ1) is 15.9. The van der Waals surface area contributed by atoms with Gasteiger partial charge in [0.15, 0.2) is 6.17 Å². The van der Waals surface area contributed by atoms with Crippen LogP contribution in [-0.4, -0.2) is 22.3 Å². The molecule has 2 aliphatic heterocycles. The van der Waals surface area contributed by atoms with Crippen molar-refractivity contribution in [2.75, 3.05) is 5.73 Å². The monoisotopic (exact) mass is 362 g/mol. The number of fused-ring (bicyclic) bond motifs is 1. The molecule has 2 unspecified atom stereocenters. The molecule has 7 heteroatoms. The molecule has 3 N–H and O–H groups in total. The largest absolute Gasteiger partial charge is 0.397 e. The van der Waals surface area contributed by atoms with Gasteiger partial charge in [-0.1, -0.05) is 13.0 Å². The van der Waals surface area contributed by atoms with Crippen molar-refractivity contribution in [2.45, 2.75) is 45.5 Å². The summed E-state index contributed by atoms with van der Waals surface area (Å²) in [6.45, 7) is 8.43. The number of nitrogens with zero attached hydrogens (tertiary/aromatic N) is 2. The second-order valence-corrected chi connectivity index (χ2v) is 8.81. The van der Waals surface area contributed by atoms with E-state index in [9.17, 15) is 0 Å². The van der Waals surface area contributed by atoms with Gasteiger partial charge in [-0.25, -0.2) is 9.98 Å². The number of hydrogen-bond donors (Lipinski definition) is 2. The van der Waals surface area contributed by atoms with Crippen LogP contribution < -0.4 is 11.2 Å². The summed E-state index contributed by atoms with van der Waals surface area (Å²) in [7, 11) is 0. The van der Waals surface area contributed by atoms with Crippen molar-refractivity contribution >= 4 is 44.9 Å². The normalized spacial score (nSPS) is 23.5. The maximum absolute atomic E-state index is 6.42. The summed E-state index contributed by atoms with van der Waals surface area (Å²) < 4.78 is 0. The average Bonchev–Trinajstić information content (AvgIpc) is 3.24. The van der Waals surface area contributed by atoms with Gasteiger partial charge in [-0.15, -0.1) is 28.6 Å². The third-order valence-electron chi connectivity index (χ3n) is 4.64. The van der Waals surface area contributed by atoms with Crippen LogP contribution in [0.2, 0.25) is 0 Å². The van der Waals surface area contributed by atoms with E-state index in [0.717, 1.165) is 27.2 Å². The van der Waals surface area contributed by atoms with Gasteiger partial charge < -0.3 is 10.6 Å². The third kappa shape index (κ3) is 2.42. The lowest BCUT2D eigenvalue weighted by atomic mass is 10.1. The maximum atomic E-state index is 6.42. The van der Waals surface area contributed by atoms with Crippen molar-refractivity contribution in [2.24, 2.45) is 4.99 Å². The van der Waals surface area contributed by atoms with Gasteiger partial charge in [0.1, 0.15) is 9.71 Å². The molecule has 2 aromatic rings. The molecule has 4 heterocycles. The maximum Gasteiger partial charge on any atom is 0.254 e. The summed E-state index contributed by atoms with van der Waals surface area (Å²) in [4.78, 5) is 18.1. The molecule has 5 nitrogen and oxygen atoms in total. The number of anilines is 1. The predicted molar refractivity (Wildman–Crippen MR) is 105 cm³/mol. The molecule has 0 radical (unpaired) electrons. The minimum atomic E-state index is -0.128. The topological polar surface area (TPSA) is 72.5 Å². The van der Waals surface area contributed by atoms with Crippen LogP contribution >= 0.6 is 23.1 Å². The van der Waals surface area contributed by atoms with E-state index in [-0.39, 0.29) is 7.59 Å². The van der Waals surface area contributed by atoms with Crippen LogP contribution in [-0.2, 0) is 4.84 Å². The van der Waals surface area contributed by atoms with Crippen LogP contribution in [0.15, 0.2) is 16.0 Å². The van der Waals surface area contributed by atoms with Gasteiger partial charge in [0.05, 0.1) is 5.69 Å². The van der Waals surface area contributed by atoms with Gasteiger partial charge in [0.2, 0.25) is 0 Å². The average molecular weight is 363 g/mol. The standard InChI is InChI=1S/C17H20N4OS2.H2/c1-7-5-6-11(23-7)15-20-16(22-21-15)14-13(18)12-9(3)8(2)10(4)19-17(12)24-14;/h6-7,15,21H,5,18H2,1-4H3;1H. The van der Waals surface area contributed by atoms with Crippen molar-refractivity contribution in [1.29, 1.82) is 0 Å². The van der Waals surface area contributed by atoms with Crippen molar-refractivity contribution in [3.05, 3.63) is 32.7 Å². The molecule has 0 aliphatic carbocycles. The number of thiophene rings is 1. The van der Waals surface area contributed by atoms with Gasteiger partial charge in [0.25, 0.3) is 5.90 Å². The van der Waals surface area contributed by atoms with Crippen molar-refractivity contribution in [3.8, 4) is 0 Å². The second kappa shape index (κ2) is 5.75. The summed E-state index contributed by atoms with van der Waals surface area (Å²) in [6, 6.07) is 0. The number of aryl methyl sites for hydroxylation is 2. The molecule has 128 valence electrons. The highest BCUT2D eigenvalue weighted by Crippen LogP contribution is 2.39. The zero-order valence-electron chi connectivity index (χ0n) is 14.1. The smallest absolute Gasteiger partial charge is 0.254 e. The Balaban J connectivity index is 0.00000182. The van der Waals surface area contributed by atoms with E-state index in [1.807, 2.05) is 18.7 Å². The van der Waals surface area contributed by atoms with Crippen LogP contribution in [0, 0.1) is 20.8 Å². The molecule has 2 atom stereocenters. The number of thioether (sulfide) groups is 1. The van der Waals surface area contributed by atoms with Gasteiger partial charge in [-0.05, 0) is 38.3 Å². The fraction of sp³-hybridized carbons (Fsp3) is 0.412. The van der Waals surface area contributed by atoms with E-state index >= 15 is 0 Å². The van der Waals surface area contributed by atoms with Crippen LogP contribution in [0.3, 0.4) is 0 Å². The summed E-state index contributed by atoms with van der Waals surface area (Å²) in [5.41, 5.74) is 13.6. The first-order chi connectivity index (χ1) is 11.5. The van der Waals surface area contributed by atoms with Crippen LogP contribution in [0.25, 0.3) is 10.2 Å². The molecule has 0 fully saturated rings. The van der Waals surface area contributed by atoms with E-state index in [1.165, 1.54) is 16.0 Å². The molecule has 0 saturated carbocycles. The van der Waals surface area contributed by atoms with E-state index in [0.29, 0.717) is 16.8 Å². The van der Waals surface area contributed by atoms with Crippen molar-refractivity contribution in [3.63, 3.8) is 0 Å². The lowest BCUT2D eigenvalue weighted by Gasteiger charge is -2.07. The van der Waals surface area contributed by atoms with Gasteiger partial charge in [-0.2, -0.15) is 0 Å². The number of hydrogen-bond acceptors (Lipinski definition) is 7. The summed E-state index contributed by atoms with van der Waals surface area (Å²) in [6.07, 6.45) is 3.18. The van der Waals surface area contributed by atoms with Crippen LogP contribution in [0.5, 0.6) is 0 Å². The number of aliphatic imine (C=N–C) groups is 1. The fourth-order valence-corrected chi connectivity index (χ4v) is 5.24. The quantitative estimate of drug-likeness (QED) is 0.842. The molecule has 0 aromatic carbocycles. The Hall–Kier alpha value is -1.57. The minimum absolute atomic E-state index is 0. The number of rotatable bonds is 2. The van der Waals surface area contributed by atoms with Gasteiger partial charge in [0, 0.05) is 22.7 Å². The second-order valence-electron chi connectivity index (χ2n) is 6.30. The van der Waals surface area contributed by atoms with E-state index < -0.39 is 0 Å². The number of nitrogens with one attached hydrogen (secondary N) is 1. The number of allylic oxidation sites excluding steroid dienone is 1. The summed E-state index contributed by atoms with van der Waals surface area (Å²) in [5, 5.41) is 1.63. The molecule has 4 rings (SSSR count). The number of hydroxylamine groups is 1. The Bertz CT molecular complexity index is 906. The summed E-state index contributed by atoms with van der Waals surface area (Å²) in [5.74, 6) is 0.566. The van der Waals surface area contributed by atoms with E-state index in [1.54, 1.807) is 11.3 Å². The third-order valence-corrected chi connectivity index (χ3v) is 6.99. The molecule has 2 aromatic heterocycles. The molecule has 24 heavy (non-hydrogen) atoms. The summed E-state index contributed by atoms with van der Waals surface area (Å²) >= 11 is 3.39. The fourth-order valence-electron chi connectivity index (χ4n) is 3.02. The van der Waals surface area contributed by atoms with Crippen molar-refractivity contribution < 1.29 is 6.26 Å². The molecular weight excluding hydrogens is 340 g/mol. The molecule has 2 aliphatic rings. The van der Waals surface area contributed by atoms with E-state index in [4.69, 9.17) is 15.6 Å². The zero-order valence-corrected chi connectivity index (χ0v) is 15.8. The highest BCUT2D eigenvalue weighted by molar-refractivity contribution is 8.03. The SMILES string of the molecule is Cc1nc2sc(C3=NC(C4=CCC(C)S4)NO3)c(N)c2c(C)c1C.[HH]. The first-order valence-corrected chi connectivity index (χ1v) is 9.68.